The molecular formula is C9H11Re-. The number of hydrogen-bond acceptors (Lipinski definition) is 0. The minimum Gasteiger partial charge on any atom is -0.327 e. The van der Waals surface area contributed by atoms with E-state index in [0.29, 0.717) is 0 Å². The maximum absolute atomic E-state index is 2.16. The van der Waals surface area contributed by atoms with E-state index in [1.54, 1.807) is 0 Å². The van der Waals surface area contributed by atoms with Gasteiger partial charge in [-0.05, 0) is 0 Å². The quantitative estimate of drug-likeness (QED) is 0.736. The van der Waals surface area contributed by atoms with Crippen LogP contribution in [0.25, 0.3) is 0 Å². The van der Waals surface area contributed by atoms with Gasteiger partial charge in [-0.15, -0.1) is 0 Å². The molecule has 1 heteroatoms. The molecule has 0 fully saturated rings. The molecule has 1 aromatic rings. The maximum Gasteiger partial charge on any atom is 0 e. The molecule has 1 aromatic carbocycles. The van der Waals surface area contributed by atoms with E-state index in [9.17, 15) is 0 Å². The fraction of sp³-hybridized carbons (Fsp3) is 0.222. The van der Waals surface area contributed by atoms with Gasteiger partial charge < -0.3 is 6.42 Å². The summed E-state index contributed by atoms with van der Waals surface area (Å²) in [5.41, 5.74) is 1.39. The van der Waals surface area contributed by atoms with Crippen LogP contribution in [0.15, 0.2) is 30.3 Å². The van der Waals surface area contributed by atoms with Crippen molar-refractivity contribution in [2.75, 3.05) is 0 Å². The summed E-state index contributed by atoms with van der Waals surface area (Å²) in [5, 5.41) is 0. The van der Waals surface area contributed by atoms with Crippen molar-refractivity contribution in [1.29, 1.82) is 0 Å². The van der Waals surface area contributed by atoms with Gasteiger partial charge in [0.15, 0.2) is 0 Å². The molecule has 0 aliphatic carbocycles. The molecule has 0 aliphatic heterocycles. The molecule has 0 nitrogen and oxygen atoms in total. The summed E-state index contributed by atoms with van der Waals surface area (Å²) in [7, 11) is 0. The van der Waals surface area contributed by atoms with Crippen molar-refractivity contribution in [3.05, 3.63) is 42.3 Å². The molecule has 0 bridgehead atoms. The van der Waals surface area contributed by atoms with Crippen molar-refractivity contribution in [2.45, 2.75) is 13.3 Å². The fourth-order valence-electron chi connectivity index (χ4n) is 0.850. The van der Waals surface area contributed by atoms with Crippen LogP contribution in [-0.4, -0.2) is 0 Å². The third kappa shape index (κ3) is 3.15. The molecule has 55 valence electrons. The van der Waals surface area contributed by atoms with Crippen LogP contribution in [0.5, 0.6) is 0 Å². The van der Waals surface area contributed by atoms with Crippen LogP contribution >= 0.6 is 0 Å². The smallest absolute Gasteiger partial charge is 0 e. The Labute approximate surface area is 76.3 Å². The molecule has 1 rings (SSSR count). The summed E-state index contributed by atoms with van der Waals surface area (Å²) in [6.07, 6.45) is 3.25. The van der Waals surface area contributed by atoms with Gasteiger partial charge in [-0.1, -0.05) is 35.9 Å². The van der Waals surface area contributed by atoms with Crippen molar-refractivity contribution in [3.63, 3.8) is 0 Å². The van der Waals surface area contributed by atoms with Gasteiger partial charge in [-0.2, -0.15) is 13.3 Å². The van der Waals surface area contributed by atoms with Crippen LogP contribution in [0.3, 0.4) is 0 Å². The van der Waals surface area contributed by atoms with Crippen molar-refractivity contribution in [1.82, 2.24) is 0 Å². The predicted molar refractivity (Wildman–Crippen MR) is 40.1 cm³/mol. The van der Waals surface area contributed by atoms with Crippen molar-refractivity contribution < 1.29 is 20.4 Å². The second kappa shape index (κ2) is 5.65. The van der Waals surface area contributed by atoms with E-state index < -0.39 is 0 Å². The standard InChI is InChI=1S/C9H11.Re/c1-2-6-9-7-4-3-5-8-9;/h2-5,7-8H,6H2,1H3;/q-1;. The Hall–Kier alpha value is -0.118. The minimum atomic E-state index is 0. The van der Waals surface area contributed by atoms with E-state index in [1.807, 2.05) is 6.07 Å². The van der Waals surface area contributed by atoms with Gasteiger partial charge in [0.05, 0.1) is 0 Å². The van der Waals surface area contributed by atoms with Crippen LogP contribution in [0, 0.1) is 6.42 Å². The largest absolute Gasteiger partial charge is 0.327 e. The summed E-state index contributed by atoms with van der Waals surface area (Å²) in [6, 6.07) is 10.5. The molecule has 0 atom stereocenters. The molecule has 0 aliphatic rings. The first-order valence-corrected chi connectivity index (χ1v) is 3.25. The summed E-state index contributed by atoms with van der Waals surface area (Å²) in [4.78, 5) is 0. The van der Waals surface area contributed by atoms with Gasteiger partial charge in [-0.3, -0.25) is 0 Å². The third-order valence-electron chi connectivity index (χ3n) is 1.28. The van der Waals surface area contributed by atoms with Crippen LogP contribution in [0.1, 0.15) is 12.5 Å². The Balaban J connectivity index is 0.000000810. The third-order valence-corrected chi connectivity index (χ3v) is 1.28. The Morgan fingerprint density at radius 3 is 2.30 bits per heavy atom. The van der Waals surface area contributed by atoms with Gasteiger partial charge in [0.1, 0.15) is 0 Å². The zero-order chi connectivity index (χ0) is 6.53. The summed E-state index contributed by atoms with van der Waals surface area (Å²) in [6.45, 7) is 2.08. The zero-order valence-electron chi connectivity index (χ0n) is 6.05. The number of rotatable bonds is 2. The van der Waals surface area contributed by atoms with Crippen molar-refractivity contribution in [3.8, 4) is 0 Å². The molecule has 10 heavy (non-hydrogen) atoms. The first-order chi connectivity index (χ1) is 4.43. The van der Waals surface area contributed by atoms with Crippen LogP contribution < -0.4 is 0 Å². The topological polar surface area (TPSA) is 0 Å². The first kappa shape index (κ1) is 9.88. The Morgan fingerprint density at radius 1 is 1.20 bits per heavy atom. The molecule has 0 spiro atoms. The monoisotopic (exact) mass is 306 g/mol. The number of hydrogen-bond donors (Lipinski definition) is 0. The van der Waals surface area contributed by atoms with Gasteiger partial charge in [0.25, 0.3) is 0 Å². The van der Waals surface area contributed by atoms with E-state index >= 15 is 0 Å². The van der Waals surface area contributed by atoms with Gasteiger partial charge >= 0.3 is 0 Å². The van der Waals surface area contributed by atoms with E-state index in [4.69, 9.17) is 0 Å². The van der Waals surface area contributed by atoms with E-state index in [-0.39, 0.29) is 20.4 Å². The average Bonchev–Trinajstić information content (AvgIpc) is 1.91. The second-order valence-electron chi connectivity index (χ2n) is 2.10. The number of benzene rings is 1. The van der Waals surface area contributed by atoms with Gasteiger partial charge in [0.2, 0.25) is 0 Å². The summed E-state index contributed by atoms with van der Waals surface area (Å²) >= 11 is 0. The fourth-order valence-corrected chi connectivity index (χ4v) is 0.850. The summed E-state index contributed by atoms with van der Waals surface area (Å²) in [5.74, 6) is 0. The molecule has 0 saturated carbocycles. The van der Waals surface area contributed by atoms with Crippen molar-refractivity contribution >= 4 is 0 Å². The zero-order valence-corrected chi connectivity index (χ0v) is 8.76. The second-order valence-corrected chi connectivity index (χ2v) is 2.10. The van der Waals surface area contributed by atoms with Crippen LogP contribution in [0.2, 0.25) is 0 Å². The van der Waals surface area contributed by atoms with Crippen LogP contribution in [-0.2, 0) is 26.8 Å². The SMILES string of the molecule is C[CH-]Cc1ccccc1.[Re]. The molecule has 0 N–H and O–H groups in total. The normalized spacial score (nSPS) is 8.50. The van der Waals surface area contributed by atoms with E-state index in [0.717, 1.165) is 6.42 Å². The average molecular weight is 305 g/mol. The van der Waals surface area contributed by atoms with Gasteiger partial charge in [0, 0.05) is 20.4 Å². The molecule has 1 radical (unpaired) electrons. The van der Waals surface area contributed by atoms with Crippen LogP contribution in [0.4, 0.5) is 0 Å². The predicted octanol–water partition coefficient (Wildman–Crippen LogP) is 2.45. The molecular weight excluding hydrogens is 294 g/mol. The molecule has 0 heterocycles. The first-order valence-electron chi connectivity index (χ1n) is 3.25. The van der Waals surface area contributed by atoms with E-state index in [2.05, 4.69) is 37.6 Å². The van der Waals surface area contributed by atoms with Crippen molar-refractivity contribution in [2.24, 2.45) is 0 Å². The minimum absolute atomic E-state index is 0. The maximum atomic E-state index is 2.16. The Kier molecular flexibility index (Phi) is 5.58. The molecule has 0 saturated heterocycles. The molecule has 0 unspecified atom stereocenters. The molecule has 0 aromatic heterocycles. The molecule has 0 amide bonds. The summed E-state index contributed by atoms with van der Waals surface area (Å²) < 4.78 is 0. The Morgan fingerprint density at radius 2 is 1.80 bits per heavy atom. The van der Waals surface area contributed by atoms with Gasteiger partial charge in [-0.25, -0.2) is 0 Å². The Bertz CT molecular complexity index is 158. The van der Waals surface area contributed by atoms with E-state index in [1.165, 1.54) is 5.56 Å².